The molecule has 0 saturated heterocycles. The highest BCUT2D eigenvalue weighted by molar-refractivity contribution is 6.35. The van der Waals surface area contributed by atoms with Gasteiger partial charge in [-0.25, -0.2) is 9.18 Å². The second kappa shape index (κ2) is 3.47. The van der Waals surface area contributed by atoms with Crippen LogP contribution in [-0.4, -0.2) is 16.1 Å². The highest BCUT2D eigenvalue weighted by Gasteiger charge is 2.14. The molecule has 15 heavy (non-hydrogen) atoms. The van der Waals surface area contributed by atoms with Crippen LogP contribution < -0.4 is 0 Å². The molecule has 2 rings (SSSR count). The van der Waals surface area contributed by atoms with Gasteiger partial charge in [0.05, 0.1) is 16.7 Å². The molecule has 0 unspecified atom stereocenters. The fourth-order valence-electron chi connectivity index (χ4n) is 1.35. The Morgan fingerprint density at radius 2 is 2.20 bits per heavy atom. The molecule has 0 aliphatic rings. The number of aromatic carboxylic acids is 1. The third-order valence-corrected chi connectivity index (χ3v) is 2.30. The summed E-state index contributed by atoms with van der Waals surface area (Å²) >= 11 is 5.72. The Hall–Kier alpha value is -1.68. The van der Waals surface area contributed by atoms with Gasteiger partial charge >= 0.3 is 5.97 Å². The molecule has 1 aromatic carbocycles. The summed E-state index contributed by atoms with van der Waals surface area (Å²) in [5, 5.41) is 9.42. The summed E-state index contributed by atoms with van der Waals surface area (Å²) in [7, 11) is 0. The van der Waals surface area contributed by atoms with Gasteiger partial charge in [-0.1, -0.05) is 17.7 Å². The van der Waals surface area contributed by atoms with E-state index in [1.54, 1.807) is 0 Å². The number of nitrogens with zero attached hydrogens (tertiary/aromatic N) is 1. The van der Waals surface area contributed by atoms with Crippen molar-refractivity contribution in [3.63, 3.8) is 0 Å². The molecule has 0 amide bonds. The minimum atomic E-state index is -1.18. The summed E-state index contributed by atoms with van der Waals surface area (Å²) in [6.07, 6.45) is 0.963. The third kappa shape index (κ3) is 1.64. The van der Waals surface area contributed by atoms with Gasteiger partial charge in [0.25, 0.3) is 0 Å². The first-order valence-corrected chi connectivity index (χ1v) is 4.44. The molecule has 0 atom stereocenters. The fourth-order valence-corrected chi connectivity index (χ4v) is 1.59. The average molecular weight is 226 g/mol. The Morgan fingerprint density at radius 1 is 1.47 bits per heavy atom. The van der Waals surface area contributed by atoms with Crippen molar-refractivity contribution < 1.29 is 14.3 Å². The van der Waals surface area contributed by atoms with E-state index in [1.807, 2.05) is 0 Å². The summed E-state index contributed by atoms with van der Waals surface area (Å²) in [5.74, 6) is -1.69. The quantitative estimate of drug-likeness (QED) is 0.812. The van der Waals surface area contributed by atoms with Crippen molar-refractivity contribution in [1.29, 1.82) is 0 Å². The van der Waals surface area contributed by atoms with Crippen LogP contribution in [0.25, 0.3) is 10.9 Å². The van der Waals surface area contributed by atoms with Gasteiger partial charge in [-0.3, -0.25) is 4.98 Å². The predicted molar refractivity (Wildman–Crippen MR) is 53.7 cm³/mol. The first kappa shape index (κ1) is 9.86. The zero-order valence-corrected chi connectivity index (χ0v) is 8.12. The Morgan fingerprint density at radius 3 is 2.87 bits per heavy atom. The Labute approximate surface area is 89.1 Å². The predicted octanol–water partition coefficient (Wildman–Crippen LogP) is 2.73. The normalized spacial score (nSPS) is 10.5. The molecular weight excluding hydrogens is 221 g/mol. The summed E-state index contributed by atoms with van der Waals surface area (Å²) in [6.45, 7) is 0. The summed E-state index contributed by atoms with van der Waals surface area (Å²) < 4.78 is 12.8. The smallest absolute Gasteiger partial charge is 0.339 e. The molecule has 2 aromatic rings. The van der Waals surface area contributed by atoms with Crippen molar-refractivity contribution in [2.24, 2.45) is 0 Å². The molecule has 3 nitrogen and oxygen atoms in total. The standard InChI is InChI=1S/C10H5ClFNO2/c11-7-2-1-5-3-6(12)4-13-9(5)8(7)10(14)15/h1-4H,(H,14,15). The Bertz CT molecular complexity index is 556. The van der Waals surface area contributed by atoms with E-state index in [1.165, 1.54) is 18.2 Å². The Balaban J connectivity index is 2.88. The molecule has 76 valence electrons. The van der Waals surface area contributed by atoms with Crippen LogP contribution in [0.5, 0.6) is 0 Å². The molecule has 0 aliphatic heterocycles. The highest BCUT2D eigenvalue weighted by atomic mass is 35.5. The van der Waals surface area contributed by atoms with E-state index in [9.17, 15) is 9.18 Å². The van der Waals surface area contributed by atoms with Gasteiger partial charge in [-0.2, -0.15) is 0 Å². The van der Waals surface area contributed by atoms with Crippen molar-refractivity contribution in [1.82, 2.24) is 4.98 Å². The number of carboxylic acids is 1. The maximum absolute atomic E-state index is 12.8. The van der Waals surface area contributed by atoms with Gasteiger partial charge in [0, 0.05) is 5.39 Å². The second-order valence-corrected chi connectivity index (χ2v) is 3.36. The van der Waals surface area contributed by atoms with Crippen LogP contribution in [0.1, 0.15) is 10.4 Å². The van der Waals surface area contributed by atoms with Gasteiger partial charge in [-0.05, 0) is 12.1 Å². The minimum absolute atomic E-state index is 0.0918. The Kier molecular flexibility index (Phi) is 2.28. The van der Waals surface area contributed by atoms with Crippen LogP contribution in [0.2, 0.25) is 5.02 Å². The lowest BCUT2D eigenvalue weighted by Crippen LogP contribution is -2.00. The molecule has 0 bridgehead atoms. The number of benzene rings is 1. The highest BCUT2D eigenvalue weighted by Crippen LogP contribution is 2.24. The molecule has 0 saturated carbocycles. The molecule has 1 aromatic heterocycles. The number of fused-ring (bicyclic) bond motifs is 1. The number of carbonyl (C=O) groups is 1. The number of pyridine rings is 1. The first-order chi connectivity index (χ1) is 7.09. The van der Waals surface area contributed by atoms with E-state index < -0.39 is 11.8 Å². The van der Waals surface area contributed by atoms with Gasteiger partial charge in [0.1, 0.15) is 11.4 Å². The number of halogens is 2. The molecule has 1 heterocycles. The van der Waals surface area contributed by atoms with Crippen LogP contribution in [-0.2, 0) is 0 Å². The molecule has 0 spiro atoms. The van der Waals surface area contributed by atoms with Crippen LogP contribution in [0, 0.1) is 5.82 Å². The number of aromatic nitrogens is 1. The largest absolute Gasteiger partial charge is 0.478 e. The number of hydrogen-bond donors (Lipinski definition) is 1. The third-order valence-electron chi connectivity index (χ3n) is 1.98. The van der Waals surface area contributed by atoms with E-state index in [-0.39, 0.29) is 16.1 Å². The van der Waals surface area contributed by atoms with E-state index in [2.05, 4.69) is 4.98 Å². The minimum Gasteiger partial charge on any atom is -0.478 e. The van der Waals surface area contributed by atoms with Crippen LogP contribution >= 0.6 is 11.6 Å². The average Bonchev–Trinajstić information content (AvgIpc) is 2.17. The second-order valence-electron chi connectivity index (χ2n) is 2.95. The zero-order chi connectivity index (χ0) is 11.0. The molecule has 5 heteroatoms. The van der Waals surface area contributed by atoms with Crippen molar-refractivity contribution in [2.45, 2.75) is 0 Å². The van der Waals surface area contributed by atoms with E-state index in [0.717, 1.165) is 6.20 Å². The lowest BCUT2D eigenvalue weighted by molar-refractivity contribution is 0.0699. The molecule has 0 fully saturated rings. The molecule has 0 aliphatic carbocycles. The van der Waals surface area contributed by atoms with Crippen LogP contribution in [0.15, 0.2) is 24.4 Å². The fraction of sp³-hybridized carbons (Fsp3) is 0. The van der Waals surface area contributed by atoms with E-state index >= 15 is 0 Å². The number of hydrogen-bond acceptors (Lipinski definition) is 2. The van der Waals surface area contributed by atoms with Crippen molar-refractivity contribution in [3.05, 3.63) is 40.8 Å². The monoisotopic (exact) mass is 225 g/mol. The zero-order valence-electron chi connectivity index (χ0n) is 7.37. The van der Waals surface area contributed by atoms with Gasteiger partial charge < -0.3 is 5.11 Å². The SMILES string of the molecule is O=C(O)c1c(Cl)ccc2cc(F)cnc12. The van der Waals surface area contributed by atoms with E-state index in [0.29, 0.717) is 5.39 Å². The van der Waals surface area contributed by atoms with Crippen molar-refractivity contribution >= 4 is 28.5 Å². The lowest BCUT2D eigenvalue weighted by Gasteiger charge is -2.03. The maximum Gasteiger partial charge on any atom is 0.339 e. The summed E-state index contributed by atoms with van der Waals surface area (Å²) in [4.78, 5) is 14.6. The van der Waals surface area contributed by atoms with Crippen LogP contribution in [0.4, 0.5) is 4.39 Å². The lowest BCUT2D eigenvalue weighted by atomic mass is 10.1. The molecule has 1 N–H and O–H groups in total. The maximum atomic E-state index is 12.8. The van der Waals surface area contributed by atoms with E-state index in [4.69, 9.17) is 16.7 Å². The van der Waals surface area contributed by atoms with Gasteiger partial charge in [0.15, 0.2) is 0 Å². The number of carboxylic acid groups (broad SMARTS) is 1. The van der Waals surface area contributed by atoms with Crippen LogP contribution in [0.3, 0.4) is 0 Å². The van der Waals surface area contributed by atoms with Gasteiger partial charge in [-0.15, -0.1) is 0 Å². The summed E-state index contributed by atoms with van der Waals surface area (Å²) in [5.41, 5.74) is 0.0885. The first-order valence-electron chi connectivity index (χ1n) is 4.06. The molecule has 0 radical (unpaired) electrons. The van der Waals surface area contributed by atoms with Crippen molar-refractivity contribution in [2.75, 3.05) is 0 Å². The summed E-state index contributed by atoms with van der Waals surface area (Å²) in [6, 6.07) is 4.15. The molecular formula is C10H5ClFNO2. The number of rotatable bonds is 1. The van der Waals surface area contributed by atoms with Crippen molar-refractivity contribution in [3.8, 4) is 0 Å². The topological polar surface area (TPSA) is 50.2 Å². The van der Waals surface area contributed by atoms with Gasteiger partial charge in [0.2, 0.25) is 0 Å².